The third kappa shape index (κ3) is 5.66. The number of fused-ring (bicyclic) bond motifs is 1. The molecule has 2 aliphatic heterocycles. The van der Waals surface area contributed by atoms with E-state index in [-0.39, 0.29) is 29.9 Å². The molecular weight excluding hydrogens is 404 g/mol. The highest BCUT2D eigenvalue weighted by molar-refractivity contribution is 5.83. The summed E-state index contributed by atoms with van der Waals surface area (Å²) in [5.41, 5.74) is 2.28. The predicted molar refractivity (Wildman–Crippen MR) is 123 cm³/mol. The van der Waals surface area contributed by atoms with Gasteiger partial charge in [0.2, 0.25) is 11.8 Å². The van der Waals surface area contributed by atoms with E-state index >= 15 is 0 Å². The molecule has 0 bridgehead atoms. The molecule has 0 saturated carbocycles. The van der Waals surface area contributed by atoms with Crippen LogP contribution in [0.25, 0.3) is 0 Å². The van der Waals surface area contributed by atoms with E-state index in [9.17, 15) is 9.59 Å². The van der Waals surface area contributed by atoms with Crippen molar-refractivity contribution in [1.29, 1.82) is 0 Å². The number of carbonyl (C=O) groups is 2. The topological polar surface area (TPSA) is 82.7 Å². The first-order valence-corrected chi connectivity index (χ1v) is 11.3. The number of rotatable bonds is 9. The number of amides is 2. The molecule has 0 radical (unpaired) electrons. The van der Waals surface area contributed by atoms with Gasteiger partial charge in [-0.1, -0.05) is 42.5 Å². The van der Waals surface area contributed by atoms with Crippen molar-refractivity contribution in [2.45, 2.75) is 50.5 Å². The summed E-state index contributed by atoms with van der Waals surface area (Å²) in [7, 11) is 1.64. The van der Waals surface area contributed by atoms with Crippen LogP contribution >= 0.6 is 0 Å². The molecule has 2 saturated heterocycles. The van der Waals surface area contributed by atoms with Crippen molar-refractivity contribution in [3.63, 3.8) is 0 Å². The summed E-state index contributed by atoms with van der Waals surface area (Å²) in [6, 6.07) is 18.3. The molecule has 0 aromatic heterocycles. The average Bonchev–Trinajstić information content (AvgIpc) is 3.27. The van der Waals surface area contributed by atoms with Crippen molar-refractivity contribution in [3.8, 4) is 5.75 Å². The Kier molecular flexibility index (Phi) is 7.39. The largest absolute Gasteiger partial charge is 0.497 e. The average molecular weight is 437 g/mol. The summed E-state index contributed by atoms with van der Waals surface area (Å²) in [6.07, 6.45) is 1.98. The van der Waals surface area contributed by atoms with Crippen LogP contribution in [-0.4, -0.2) is 55.0 Å². The first kappa shape index (κ1) is 22.3. The number of piperazine rings is 1. The Morgan fingerprint density at radius 1 is 1.09 bits per heavy atom. The lowest BCUT2D eigenvalue weighted by Gasteiger charge is -2.37. The number of hydrogen-bond acceptors (Lipinski definition) is 5. The van der Waals surface area contributed by atoms with Gasteiger partial charge in [0.15, 0.2) is 0 Å². The van der Waals surface area contributed by atoms with Crippen LogP contribution in [0.1, 0.15) is 30.4 Å². The van der Waals surface area contributed by atoms with Gasteiger partial charge >= 0.3 is 0 Å². The van der Waals surface area contributed by atoms with Crippen LogP contribution in [0.5, 0.6) is 5.75 Å². The van der Waals surface area contributed by atoms with Gasteiger partial charge in [-0.25, -0.2) is 0 Å². The second kappa shape index (κ2) is 10.6. The molecule has 0 aliphatic carbocycles. The molecule has 2 fully saturated rings. The fraction of sp³-hybridized carbons (Fsp3) is 0.440. The van der Waals surface area contributed by atoms with Gasteiger partial charge in [-0.05, 0) is 36.1 Å². The van der Waals surface area contributed by atoms with Gasteiger partial charge in [0.1, 0.15) is 5.75 Å². The standard InChI is InChI=1S/C25H32N4O3/c1-32-22-10-7-19(8-11-22)15-27-24(30)12-9-21-16-28-25(31)23-13-20(17-29(21)23)26-14-18-5-3-2-4-6-18/h2-8,10-11,20-21,23,26H,9,12-17H2,1H3,(H,27,30)(H,28,31)/t20-,21+,23-/m0/s1. The number of nitrogens with zero attached hydrogens (tertiary/aromatic N) is 1. The van der Waals surface area contributed by atoms with Crippen LogP contribution in [0.3, 0.4) is 0 Å². The van der Waals surface area contributed by atoms with Crippen LogP contribution in [0.4, 0.5) is 0 Å². The molecule has 0 unspecified atom stereocenters. The Bertz CT molecular complexity index is 903. The molecule has 4 rings (SSSR count). The molecule has 2 aliphatic rings. The first-order valence-electron chi connectivity index (χ1n) is 11.3. The van der Waals surface area contributed by atoms with E-state index in [1.165, 1.54) is 5.56 Å². The molecule has 2 amide bonds. The molecule has 3 N–H and O–H groups in total. The van der Waals surface area contributed by atoms with Crippen molar-refractivity contribution in [3.05, 3.63) is 65.7 Å². The van der Waals surface area contributed by atoms with Crippen molar-refractivity contribution in [2.75, 3.05) is 20.2 Å². The van der Waals surface area contributed by atoms with E-state index < -0.39 is 0 Å². The highest BCUT2D eigenvalue weighted by Gasteiger charge is 2.43. The van der Waals surface area contributed by atoms with Crippen molar-refractivity contribution in [2.24, 2.45) is 0 Å². The molecule has 2 aromatic rings. The Labute approximate surface area is 189 Å². The monoisotopic (exact) mass is 436 g/mol. The van der Waals surface area contributed by atoms with Crippen LogP contribution in [0.2, 0.25) is 0 Å². The third-order valence-corrected chi connectivity index (χ3v) is 6.41. The summed E-state index contributed by atoms with van der Waals surface area (Å²) >= 11 is 0. The number of methoxy groups -OCH3 is 1. The summed E-state index contributed by atoms with van der Waals surface area (Å²) in [5, 5.41) is 9.63. The normalized spacial score (nSPS) is 22.8. The fourth-order valence-electron chi connectivity index (χ4n) is 4.58. The summed E-state index contributed by atoms with van der Waals surface area (Å²) in [5.74, 6) is 0.942. The van der Waals surface area contributed by atoms with Crippen molar-refractivity contribution >= 4 is 11.8 Å². The molecule has 2 heterocycles. The Balaban J connectivity index is 1.24. The van der Waals surface area contributed by atoms with Gasteiger partial charge in [-0.2, -0.15) is 0 Å². The van der Waals surface area contributed by atoms with E-state index in [1.807, 2.05) is 42.5 Å². The van der Waals surface area contributed by atoms with Crippen LogP contribution in [-0.2, 0) is 22.7 Å². The SMILES string of the molecule is COc1ccc(CNC(=O)CC[C@@H]2CNC(=O)[C@@H]3C[C@H](NCc4ccccc4)CN23)cc1. The van der Waals surface area contributed by atoms with Crippen LogP contribution in [0.15, 0.2) is 54.6 Å². The van der Waals surface area contributed by atoms with Gasteiger partial charge in [0.25, 0.3) is 0 Å². The minimum absolute atomic E-state index is 0.0345. The van der Waals surface area contributed by atoms with Crippen molar-refractivity contribution < 1.29 is 14.3 Å². The van der Waals surface area contributed by atoms with E-state index in [1.54, 1.807) is 7.11 Å². The Morgan fingerprint density at radius 3 is 2.59 bits per heavy atom. The Hall–Kier alpha value is -2.90. The van der Waals surface area contributed by atoms with E-state index in [0.29, 0.717) is 19.5 Å². The molecule has 7 nitrogen and oxygen atoms in total. The zero-order valence-corrected chi connectivity index (χ0v) is 18.5. The fourth-order valence-corrected chi connectivity index (χ4v) is 4.58. The maximum atomic E-state index is 12.4. The predicted octanol–water partition coefficient (Wildman–Crippen LogP) is 1.82. The molecule has 0 spiro atoms. The minimum Gasteiger partial charge on any atom is -0.497 e. The molecule has 170 valence electrons. The molecular formula is C25H32N4O3. The highest BCUT2D eigenvalue weighted by atomic mass is 16.5. The van der Waals surface area contributed by atoms with E-state index in [0.717, 1.165) is 37.2 Å². The van der Waals surface area contributed by atoms with E-state index in [4.69, 9.17) is 4.74 Å². The number of carbonyl (C=O) groups excluding carboxylic acids is 2. The molecule has 32 heavy (non-hydrogen) atoms. The van der Waals surface area contributed by atoms with Crippen molar-refractivity contribution in [1.82, 2.24) is 20.9 Å². The second-order valence-electron chi connectivity index (χ2n) is 8.57. The summed E-state index contributed by atoms with van der Waals surface area (Å²) in [6.45, 7) is 2.74. The molecule has 7 heteroatoms. The quantitative estimate of drug-likeness (QED) is 0.559. The summed E-state index contributed by atoms with van der Waals surface area (Å²) < 4.78 is 5.16. The lowest BCUT2D eigenvalue weighted by molar-refractivity contribution is -0.129. The molecule has 3 atom stereocenters. The smallest absolute Gasteiger partial charge is 0.237 e. The van der Waals surface area contributed by atoms with Gasteiger partial charge < -0.3 is 20.7 Å². The number of benzene rings is 2. The number of ether oxygens (including phenoxy) is 1. The zero-order valence-electron chi connectivity index (χ0n) is 18.5. The third-order valence-electron chi connectivity index (χ3n) is 6.41. The van der Waals surface area contributed by atoms with Gasteiger partial charge in [0.05, 0.1) is 13.2 Å². The zero-order chi connectivity index (χ0) is 22.3. The maximum Gasteiger partial charge on any atom is 0.237 e. The molecule has 2 aromatic carbocycles. The summed E-state index contributed by atoms with van der Waals surface area (Å²) in [4.78, 5) is 27.1. The lowest BCUT2D eigenvalue weighted by atomic mass is 10.0. The number of hydrogen-bond donors (Lipinski definition) is 3. The maximum absolute atomic E-state index is 12.4. The minimum atomic E-state index is -0.107. The first-order chi connectivity index (χ1) is 15.6. The van der Waals surface area contributed by atoms with Crippen LogP contribution in [0, 0.1) is 0 Å². The van der Waals surface area contributed by atoms with E-state index in [2.05, 4.69) is 33.0 Å². The van der Waals surface area contributed by atoms with Crippen LogP contribution < -0.4 is 20.7 Å². The lowest BCUT2D eigenvalue weighted by Crippen LogP contribution is -2.58. The van der Waals surface area contributed by atoms with Gasteiger partial charge in [-0.3, -0.25) is 14.5 Å². The number of nitrogens with one attached hydrogen (secondary N) is 3. The van der Waals surface area contributed by atoms with Gasteiger partial charge in [-0.15, -0.1) is 0 Å². The van der Waals surface area contributed by atoms with Gasteiger partial charge in [0, 0.05) is 44.7 Å². The second-order valence-corrected chi connectivity index (χ2v) is 8.57. The Morgan fingerprint density at radius 2 is 1.84 bits per heavy atom. The highest BCUT2D eigenvalue weighted by Crippen LogP contribution is 2.26.